The molecule has 1 rings (SSSR count). The van der Waals surface area contributed by atoms with Crippen LogP contribution in [0.3, 0.4) is 0 Å². The molecule has 0 spiro atoms. The van der Waals surface area contributed by atoms with E-state index in [-0.39, 0.29) is 17.5 Å². The Balaban J connectivity index is 3.03. The van der Waals surface area contributed by atoms with Crippen molar-refractivity contribution in [2.75, 3.05) is 7.05 Å². The Morgan fingerprint density at radius 2 is 1.89 bits per heavy atom. The zero-order valence-electron chi connectivity index (χ0n) is 11.3. The highest BCUT2D eigenvalue weighted by molar-refractivity contribution is 5.96. The number of rotatable bonds is 4. The van der Waals surface area contributed by atoms with Gasteiger partial charge in [0.2, 0.25) is 0 Å². The number of aromatic nitrogens is 2. The van der Waals surface area contributed by atoms with Crippen molar-refractivity contribution in [3.8, 4) is 0 Å². The van der Waals surface area contributed by atoms with Crippen LogP contribution in [0.1, 0.15) is 35.6 Å². The molecule has 0 aromatic carbocycles. The molecular formula is C12H19N3O3. The molecule has 6 heteroatoms. The molecule has 1 heterocycles. The van der Waals surface area contributed by atoms with Crippen molar-refractivity contribution in [2.24, 2.45) is 5.92 Å². The van der Waals surface area contributed by atoms with E-state index in [0.29, 0.717) is 0 Å². The fourth-order valence-electron chi connectivity index (χ4n) is 1.88. The predicted molar refractivity (Wildman–Crippen MR) is 66.4 cm³/mol. The third kappa shape index (κ3) is 2.52. The van der Waals surface area contributed by atoms with Crippen molar-refractivity contribution in [3.63, 3.8) is 0 Å². The molecule has 0 saturated heterocycles. The molecular weight excluding hydrogens is 234 g/mol. The van der Waals surface area contributed by atoms with Crippen LogP contribution in [-0.2, 0) is 4.79 Å². The van der Waals surface area contributed by atoms with Crippen LogP contribution in [0.15, 0.2) is 0 Å². The third-order valence-corrected chi connectivity index (χ3v) is 3.08. The standard InChI is InChI=1S/C12H19N3O3/c1-6(2)10(12(17)18)15(5)11(16)9-7(3)8(4)13-14-9/h6,10H,1-5H3,(H,13,14)(H,17,18). The van der Waals surface area contributed by atoms with Gasteiger partial charge in [-0.3, -0.25) is 9.89 Å². The largest absolute Gasteiger partial charge is 0.480 e. The number of carboxylic acid groups (broad SMARTS) is 1. The zero-order valence-corrected chi connectivity index (χ0v) is 11.3. The molecule has 2 N–H and O–H groups in total. The highest BCUT2D eigenvalue weighted by atomic mass is 16.4. The Hall–Kier alpha value is -1.85. The number of nitrogens with zero attached hydrogens (tertiary/aromatic N) is 2. The summed E-state index contributed by atoms with van der Waals surface area (Å²) in [6, 6.07) is -0.853. The lowest BCUT2D eigenvalue weighted by Crippen LogP contribution is -2.46. The molecule has 0 saturated carbocycles. The average Bonchev–Trinajstić information content (AvgIpc) is 2.57. The van der Waals surface area contributed by atoms with Crippen LogP contribution >= 0.6 is 0 Å². The first kappa shape index (κ1) is 14.2. The van der Waals surface area contributed by atoms with Gasteiger partial charge in [0.05, 0.1) is 0 Å². The predicted octanol–water partition coefficient (Wildman–Crippen LogP) is 1.21. The van der Waals surface area contributed by atoms with Crippen molar-refractivity contribution >= 4 is 11.9 Å². The summed E-state index contributed by atoms with van der Waals surface area (Å²) in [7, 11) is 1.49. The monoisotopic (exact) mass is 253 g/mol. The minimum Gasteiger partial charge on any atom is -0.480 e. The SMILES string of the molecule is Cc1[nH]nc(C(=O)N(C)C(C(=O)O)C(C)C)c1C. The molecule has 1 aromatic heterocycles. The first-order valence-electron chi connectivity index (χ1n) is 5.78. The van der Waals surface area contributed by atoms with Crippen LogP contribution < -0.4 is 0 Å². The van der Waals surface area contributed by atoms with Gasteiger partial charge in [0.1, 0.15) is 6.04 Å². The van der Waals surface area contributed by atoms with E-state index in [4.69, 9.17) is 5.11 Å². The van der Waals surface area contributed by atoms with Gasteiger partial charge in [-0.1, -0.05) is 13.8 Å². The smallest absolute Gasteiger partial charge is 0.326 e. The average molecular weight is 253 g/mol. The second-order valence-corrected chi connectivity index (χ2v) is 4.77. The van der Waals surface area contributed by atoms with E-state index in [1.807, 2.05) is 6.92 Å². The van der Waals surface area contributed by atoms with E-state index in [0.717, 1.165) is 11.3 Å². The summed E-state index contributed by atoms with van der Waals surface area (Å²) in [5.74, 6) is -1.56. The molecule has 6 nitrogen and oxygen atoms in total. The lowest BCUT2D eigenvalue weighted by molar-refractivity contribution is -0.143. The molecule has 18 heavy (non-hydrogen) atoms. The van der Waals surface area contributed by atoms with Crippen molar-refractivity contribution in [1.29, 1.82) is 0 Å². The fraction of sp³-hybridized carbons (Fsp3) is 0.583. The topological polar surface area (TPSA) is 86.3 Å². The van der Waals surface area contributed by atoms with Gasteiger partial charge in [0.25, 0.3) is 5.91 Å². The normalized spacial score (nSPS) is 12.6. The molecule has 0 aliphatic carbocycles. The van der Waals surface area contributed by atoms with E-state index in [1.165, 1.54) is 11.9 Å². The summed E-state index contributed by atoms with van der Waals surface area (Å²) in [6.45, 7) is 7.14. The number of carbonyl (C=O) groups is 2. The number of hydrogen-bond donors (Lipinski definition) is 2. The Kier molecular flexibility index (Phi) is 4.11. The Bertz CT molecular complexity index is 465. The fourth-order valence-corrected chi connectivity index (χ4v) is 1.88. The second kappa shape index (κ2) is 5.20. The van der Waals surface area contributed by atoms with Gasteiger partial charge in [0, 0.05) is 18.3 Å². The number of aryl methyl sites for hydroxylation is 1. The number of hydrogen-bond acceptors (Lipinski definition) is 3. The molecule has 0 bridgehead atoms. The summed E-state index contributed by atoms with van der Waals surface area (Å²) >= 11 is 0. The molecule has 100 valence electrons. The van der Waals surface area contributed by atoms with Crippen LogP contribution in [0, 0.1) is 19.8 Å². The van der Waals surface area contributed by atoms with Gasteiger partial charge < -0.3 is 10.0 Å². The minimum absolute atomic E-state index is 0.170. The lowest BCUT2D eigenvalue weighted by atomic mass is 10.0. The Morgan fingerprint density at radius 3 is 2.22 bits per heavy atom. The summed E-state index contributed by atoms with van der Waals surface area (Å²) in [5, 5.41) is 15.8. The zero-order chi connectivity index (χ0) is 14.0. The second-order valence-electron chi connectivity index (χ2n) is 4.77. The highest BCUT2D eigenvalue weighted by Gasteiger charge is 2.31. The van der Waals surface area contributed by atoms with Crippen LogP contribution in [0.2, 0.25) is 0 Å². The van der Waals surface area contributed by atoms with Gasteiger partial charge in [-0.05, 0) is 19.8 Å². The van der Waals surface area contributed by atoms with Crippen LogP contribution in [0.5, 0.6) is 0 Å². The summed E-state index contributed by atoms with van der Waals surface area (Å²) in [5.41, 5.74) is 1.84. The Labute approximate surface area is 106 Å². The first-order chi connectivity index (χ1) is 8.27. The third-order valence-electron chi connectivity index (χ3n) is 3.08. The Morgan fingerprint density at radius 1 is 1.33 bits per heavy atom. The molecule has 1 unspecified atom stereocenters. The van der Waals surface area contributed by atoms with Crippen LogP contribution in [-0.4, -0.2) is 45.2 Å². The highest BCUT2D eigenvalue weighted by Crippen LogP contribution is 2.16. The first-order valence-corrected chi connectivity index (χ1v) is 5.78. The van der Waals surface area contributed by atoms with E-state index in [2.05, 4.69) is 10.2 Å². The molecule has 1 atom stereocenters. The number of carbonyl (C=O) groups excluding carboxylic acids is 1. The maximum atomic E-state index is 12.2. The summed E-state index contributed by atoms with van der Waals surface area (Å²) in [6.07, 6.45) is 0. The molecule has 0 aliphatic rings. The number of H-pyrrole nitrogens is 1. The number of aliphatic carboxylic acids is 1. The van der Waals surface area contributed by atoms with E-state index in [9.17, 15) is 9.59 Å². The molecule has 0 aliphatic heterocycles. The van der Waals surface area contributed by atoms with Gasteiger partial charge >= 0.3 is 5.97 Å². The van der Waals surface area contributed by atoms with Gasteiger partial charge in [-0.25, -0.2) is 4.79 Å². The molecule has 1 aromatic rings. The van der Waals surface area contributed by atoms with Crippen LogP contribution in [0.4, 0.5) is 0 Å². The number of carboxylic acids is 1. The van der Waals surface area contributed by atoms with Crippen LogP contribution in [0.25, 0.3) is 0 Å². The summed E-state index contributed by atoms with van der Waals surface area (Å²) < 4.78 is 0. The van der Waals surface area contributed by atoms with Crippen molar-refractivity contribution in [2.45, 2.75) is 33.7 Å². The maximum absolute atomic E-state index is 12.2. The van der Waals surface area contributed by atoms with Crippen molar-refractivity contribution in [1.82, 2.24) is 15.1 Å². The quantitative estimate of drug-likeness (QED) is 0.844. The molecule has 0 fully saturated rings. The number of aromatic amines is 1. The van der Waals surface area contributed by atoms with Gasteiger partial charge in [0.15, 0.2) is 5.69 Å². The lowest BCUT2D eigenvalue weighted by Gasteiger charge is -2.27. The number of amides is 1. The van der Waals surface area contributed by atoms with E-state index < -0.39 is 12.0 Å². The van der Waals surface area contributed by atoms with Crippen molar-refractivity contribution < 1.29 is 14.7 Å². The van der Waals surface area contributed by atoms with Gasteiger partial charge in [-0.15, -0.1) is 0 Å². The van der Waals surface area contributed by atoms with E-state index in [1.54, 1.807) is 20.8 Å². The maximum Gasteiger partial charge on any atom is 0.326 e. The van der Waals surface area contributed by atoms with Crippen molar-refractivity contribution in [3.05, 3.63) is 17.0 Å². The number of likely N-dealkylation sites (N-methyl/N-ethyl adjacent to an activating group) is 1. The van der Waals surface area contributed by atoms with E-state index >= 15 is 0 Å². The van der Waals surface area contributed by atoms with Gasteiger partial charge in [-0.2, -0.15) is 5.10 Å². The molecule has 0 radical (unpaired) electrons. The molecule has 1 amide bonds. The summed E-state index contributed by atoms with van der Waals surface area (Å²) in [4.78, 5) is 24.6. The number of nitrogens with one attached hydrogen (secondary N) is 1. The minimum atomic E-state index is -1.01.